The molecule has 0 aliphatic heterocycles. The molecule has 0 fully saturated rings. The monoisotopic (exact) mass is 457 g/mol. The molecule has 8 heteroatoms. The number of carbonyl (C=O) groups is 1. The lowest BCUT2D eigenvalue weighted by atomic mass is 10.0. The van der Waals surface area contributed by atoms with Crippen LogP contribution in [0.1, 0.15) is 23.6 Å². The van der Waals surface area contributed by atoms with E-state index >= 15 is 0 Å². The van der Waals surface area contributed by atoms with Gasteiger partial charge in [0.25, 0.3) is 11.6 Å². The van der Waals surface area contributed by atoms with Gasteiger partial charge in [-0.15, -0.1) is 0 Å². The van der Waals surface area contributed by atoms with Crippen molar-refractivity contribution in [3.05, 3.63) is 93.5 Å². The topological polar surface area (TPSA) is 114 Å². The number of nitriles is 1. The summed E-state index contributed by atoms with van der Waals surface area (Å²) in [5.41, 5.74) is 3.24. The van der Waals surface area contributed by atoms with E-state index in [-0.39, 0.29) is 18.2 Å². The number of nitrogens with one attached hydrogen (secondary N) is 1. The summed E-state index contributed by atoms with van der Waals surface area (Å²) < 4.78 is 11.3. The molecule has 0 radical (unpaired) electrons. The van der Waals surface area contributed by atoms with E-state index in [1.165, 1.54) is 24.3 Å². The molecule has 0 atom stereocenters. The van der Waals surface area contributed by atoms with Crippen molar-refractivity contribution in [2.75, 3.05) is 18.5 Å². The number of amides is 1. The molecule has 0 saturated carbocycles. The van der Waals surface area contributed by atoms with Crippen LogP contribution in [-0.4, -0.2) is 24.0 Å². The van der Waals surface area contributed by atoms with Gasteiger partial charge in [-0.2, -0.15) is 5.26 Å². The van der Waals surface area contributed by atoms with Gasteiger partial charge in [0.1, 0.15) is 0 Å². The molecule has 0 aliphatic carbocycles. The van der Waals surface area contributed by atoms with E-state index in [2.05, 4.69) is 11.4 Å². The van der Waals surface area contributed by atoms with Gasteiger partial charge < -0.3 is 14.8 Å². The molecule has 172 valence electrons. The summed E-state index contributed by atoms with van der Waals surface area (Å²) in [7, 11) is 0. The predicted molar refractivity (Wildman–Crippen MR) is 129 cm³/mol. The molecule has 0 spiro atoms. The highest BCUT2D eigenvalue weighted by Crippen LogP contribution is 2.30. The van der Waals surface area contributed by atoms with Crippen LogP contribution < -0.4 is 14.8 Å². The molecule has 1 amide bonds. The quantitative estimate of drug-likeness (QED) is 0.200. The van der Waals surface area contributed by atoms with Gasteiger partial charge in [-0.1, -0.05) is 18.2 Å². The summed E-state index contributed by atoms with van der Waals surface area (Å²) in [6.45, 7) is 3.95. The number of ether oxygens (including phenoxy) is 2. The fourth-order valence-electron chi connectivity index (χ4n) is 3.17. The highest BCUT2D eigenvalue weighted by Gasteiger charge is 2.11. The molecule has 0 saturated heterocycles. The van der Waals surface area contributed by atoms with E-state index in [1.54, 1.807) is 30.3 Å². The number of hydrogen-bond donors (Lipinski definition) is 1. The highest BCUT2D eigenvalue weighted by molar-refractivity contribution is 5.92. The summed E-state index contributed by atoms with van der Waals surface area (Å²) in [5, 5.41) is 23.2. The maximum atomic E-state index is 12.3. The summed E-state index contributed by atoms with van der Waals surface area (Å²) in [5.74, 6) is 0.523. The zero-order valence-electron chi connectivity index (χ0n) is 18.8. The van der Waals surface area contributed by atoms with Gasteiger partial charge >= 0.3 is 0 Å². The number of nitro groups is 1. The van der Waals surface area contributed by atoms with Gasteiger partial charge in [0, 0.05) is 17.8 Å². The van der Waals surface area contributed by atoms with Crippen molar-refractivity contribution in [2.45, 2.75) is 13.8 Å². The predicted octanol–water partition coefficient (Wildman–Crippen LogP) is 5.38. The van der Waals surface area contributed by atoms with Crippen LogP contribution in [0.3, 0.4) is 0 Å². The van der Waals surface area contributed by atoms with Gasteiger partial charge in [-0.25, -0.2) is 0 Å². The molecule has 3 aromatic carbocycles. The van der Waals surface area contributed by atoms with Crippen molar-refractivity contribution in [3.63, 3.8) is 0 Å². The van der Waals surface area contributed by atoms with Crippen LogP contribution in [-0.2, 0) is 4.79 Å². The lowest BCUT2D eigenvalue weighted by molar-refractivity contribution is -0.384. The lowest BCUT2D eigenvalue weighted by Crippen LogP contribution is -2.20. The number of non-ortho nitro benzene ring substituents is 1. The van der Waals surface area contributed by atoms with Crippen molar-refractivity contribution in [1.29, 1.82) is 5.26 Å². The van der Waals surface area contributed by atoms with Gasteiger partial charge in [-0.3, -0.25) is 14.9 Å². The smallest absolute Gasteiger partial charge is 0.269 e. The second-order valence-corrected chi connectivity index (χ2v) is 7.32. The van der Waals surface area contributed by atoms with Crippen LogP contribution in [0, 0.1) is 28.4 Å². The Kier molecular flexibility index (Phi) is 7.97. The summed E-state index contributed by atoms with van der Waals surface area (Å²) in [6.07, 6.45) is 1.65. The first-order valence-electron chi connectivity index (χ1n) is 10.5. The van der Waals surface area contributed by atoms with Crippen molar-refractivity contribution in [3.8, 4) is 17.6 Å². The minimum Gasteiger partial charge on any atom is -0.490 e. The van der Waals surface area contributed by atoms with Crippen LogP contribution in [0.5, 0.6) is 11.5 Å². The third-order valence-corrected chi connectivity index (χ3v) is 4.75. The molecule has 0 heterocycles. The second-order valence-electron chi connectivity index (χ2n) is 7.32. The second kappa shape index (κ2) is 11.3. The molecule has 0 bridgehead atoms. The minimum absolute atomic E-state index is 0.0485. The Labute approximate surface area is 197 Å². The van der Waals surface area contributed by atoms with E-state index < -0.39 is 4.92 Å². The largest absolute Gasteiger partial charge is 0.490 e. The number of nitrogens with zero attached hydrogens (tertiary/aromatic N) is 2. The van der Waals surface area contributed by atoms with Crippen LogP contribution in [0.2, 0.25) is 0 Å². The number of anilines is 1. The minimum atomic E-state index is -0.492. The van der Waals surface area contributed by atoms with E-state index in [4.69, 9.17) is 9.47 Å². The molecule has 3 rings (SSSR count). The van der Waals surface area contributed by atoms with E-state index in [1.807, 2.05) is 32.0 Å². The number of benzene rings is 3. The average Bonchev–Trinajstić information content (AvgIpc) is 2.82. The standard InChI is InChI=1S/C26H23N3O5/c1-3-33-25-15-19(14-21(16-27)20-8-10-23(11-9-20)29(31)32)7-12-24(25)34-17-26(30)28-22-6-4-5-18(2)13-22/h4-15H,3,17H2,1-2H3,(H,28,30)/b21-14+. The van der Waals surface area contributed by atoms with E-state index in [9.17, 15) is 20.2 Å². The van der Waals surface area contributed by atoms with Gasteiger partial charge in [0.2, 0.25) is 0 Å². The van der Waals surface area contributed by atoms with Gasteiger partial charge in [0.05, 0.1) is 23.2 Å². The van der Waals surface area contributed by atoms with E-state index in [0.717, 1.165) is 5.56 Å². The number of aryl methyl sites for hydroxylation is 1. The Balaban J connectivity index is 1.75. The molecule has 3 aromatic rings. The Bertz CT molecular complexity index is 1260. The highest BCUT2D eigenvalue weighted by atomic mass is 16.6. The number of rotatable bonds is 9. The van der Waals surface area contributed by atoms with Gasteiger partial charge in [0.15, 0.2) is 18.1 Å². The molecule has 0 aliphatic rings. The maximum Gasteiger partial charge on any atom is 0.269 e. The van der Waals surface area contributed by atoms with Crippen LogP contribution in [0.15, 0.2) is 66.7 Å². The van der Waals surface area contributed by atoms with Gasteiger partial charge in [-0.05, 0) is 73.0 Å². The Hall–Kier alpha value is -4.64. The fraction of sp³-hybridized carbons (Fsp3) is 0.154. The number of allylic oxidation sites excluding steroid dienone is 1. The normalized spacial score (nSPS) is 10.8. The third kappa shape index (κ3) is 6.43. The number of nitro benzene ring substituents is 1. The average molecular weight is 457 g/mol. The van der Waals surface area contributed by atoms with Crippen molar-refractivity contribution in [2.24, 2.45) is 0 Å². The first kappa shape index (κ1) is 24.0. The van der Waals surface area contributed by atoms with Crippen molar-refractivity contribution in [1.82, 2.24) is 0 Å². The molecule has 8 nitrogen and oxygen atoms in total. The van der Waals surface area contributed by atoms with Crippen LogP contribution in [0.25, 0.3) is 11.6 Å². The Morgan fingerprint density at radius 1 is 1.09 bits per heavy atom. The zero-order valence-corrected chi connectivity index (χ0v) is 18.8. The maximum absolute atomic E-state index is 12.3. The molecule has 1 N–H and O–H groups in total. The fourth-order valence-corrected chi connectivity index (χ4v) is 3.17. The first-order chi connectivity index (χ1) is 16.4. The number of hydrogen-bond acceptors (Lipinski definition) is 6. The van der Waals surface area contributed by atoms with E-state index in [0.29, 0.717) is 40.5 Å². The Morgan fingerprint density at radius 2 is 1.85 bits per heavy atom. The Morgan fingerprint density at radius 3 is 2.50 bits per heavy atom. The molecular formula is C26H23N3O5. The third-order valence-electron chi connectivity index (χ3n) is 4.75. The number of carbonyl (C=O) groups excluding carboxylic acids is 1. The summed E-state index contributed by atoms with van der Waals surface area (Å²) >= 11 is 0. The van der Waals surface area contributed by atoms with Crippen LogP contribution >= 0.6 is 0 Å². The summed E-state index contributed by atoms with van der Waals surface area (Å²) in [4.78, 5) is 22.6. The zero-order chi connectivity index (χ0) is 24.5. The van der Waals surface area contributed by atoms with Crippen molar-refractivity contribution >= 4 is 28.9 Å². The summed E-state index contributed by atoms with van der Waals surface area (Å²) in [6, 6.07) is 20.5. The SMILES string of the molecule is CCOc1cc(/C=C(\C#N)c2ccc([N+](=O)[O-])cc2)ccc1OCC(=O)Nc1cccc(C)c1. The molecular weight excluding hydrogens is 434 g/mol. The molecule has 0 unspecified atom stereocenters. The first-order valence-corrected chi connectivity index (χ1v) is 10.5. The molecule has 34 heavy (non-hydrogen) atoms. The molecule has 0 aromatic heterocycles. The van der Waals surface area contributed by atoms with Crippen LogP contribution in [0.4, 0.5) is 11.4 Å². The van der Waals surface area contributed by atoms with Crippen molar-refractivity contribution < 1.29 is 19.2 Å². The lowest BCUT2D eigenvalue weighted by Gasteiger charge is -2.13.